The molecule has 2 aromatic carbocycles. The van der Waals surface area contributed by atoms with Gasteiger partial charge in [0.15, 0.2) is 5.84 Å². The van der Waals surface area contributed by atoms with Crippen molar-refractivity contribution in [1.29, 1.82) is 0 Å². The number of carbonyl (C=O) groups is 3. The summed E-state index contributed by atoms with van der Waals surface area (Å²) >= 11 is 0. The van der Waals surface area contributed by atoms with E-state index in [0.717, 1.165) is 5.56 Å². The molecule has 1 aliphatic heterocycles. The number of halogens is 1. The van der Waals surface area contributed by atoms with Gasteiger partial charge in [-0.2, -0.15) is 0 Å². The SMILES string of the molecule is Cl.NC(=NO)c1ccc(N2CC[C@H](NC(=O)NCCC(=O)OCc3ccccc3)C2=O)cc1.O. The molecule has 184 valence electrons. The molecule has 1 saturated heterocycles. The number of amidine groups is 1. The predicted molar refractivity (Wildman–Crippen MR) is 128 cm³/mol. The monoisotopic (exact) mass is 493 g/mol. The van der Waals surface area contributed by atoms with Crippen LogP contribution in [0.25, 0.3) is 0 Å². The molecule has 1 heterocycles. The van der Waals surface area contributed by atoms with Crippen LogP contribution in [0, 0.1) is 0 Å². The van der Waals surface area contributed by atoms with Crippen molar-refractivity contribution in [3.05, 3.63) is 65.7 Å². The molecule has 11 nitrogen and oxygen atoms in total. The average Bonchev–Trinajstić information content (AvgIpc) is 3.17. The van der Waals surface area contributed by atoms with Crippen LogP contribution in [-0.2, 0) is 20.9 Å². The second-order valence-electron chi connectivity index (χ2n) is 7.16. The summed E-state index contributed by atoms with van der Waals surface area (Å²) in [6.45, 7) is 0.719. The van der Waals surface area contributed by atoms with Gasteiger partial charge in [0.2, 0.25) is 5.91 Å². The van der Waals surface area contributed by atoms with E-state index in [0.29, 0.717) is 24.2 Å². The largest absolute Gasteiger partial charge is 0.461 e. The fourth-order valence-electron chi connectivity index (χ4n) is 3.24. The number of amides is 3. The molecule has 3 amide bonds. The van der Waals surface area contributed by atoms with E-state index in [-0.39, 0.29) is 49.2 Å². The van der Waals surface area contributed by atoms with Gasteiger partial charge in [-0.05, 0) is 36.2 Å². The Bertz CT molecular complexity index is 987. The number of hydrogen-bond acceptors (Lipinski definition) is 6. The minimum absolute atomic E-state index is 0. The first-order valence-electron chi connectivity index (χ1n) is 10.1. The van der Waals surface area contributed by atoms with Gasteiger partial charge in [-0.25, -0.2) is 4.79 Å². The van der Waals surface area contributed by atoms with Crippen molar-refractivity contribution in [2.24, 2.45) is 10.9 Å². The van der Waals surface area contributed by atoms with Gasteiger partial charge in [-0.1, -0.05) is 35.5 Å². The van der Waals surface area contributed by atoms with Crippen LogP contribution in [0.5, 0.6) is 0 Å². The van der Waals surface area contributed by atoms with Gasteiger partial charge >= 0.3 is 12.0 Å². The lowest BCUT2D eigenvalue weighted by Gasteiger charge is -2.18. The Morgan fingerprint density at radius 2 is 1.82 bits per heavy atom. The lowest BCUT2D eigenvalue weighted by molar-refractivity contribution is -0.144. The molecular weight excluding hydrogens is 466 g/mol. The van der Waals surface area contributed by atoms with Crippen molar-refractivity contribution in [3.63, 3.8) is 0 Å². The number of benzene rings is 2. The number of esters is 1. The summed E-state index contributed by atoms with van der Waals surface area (Å²) < 4.78 is 5.15. The van der Waals surface area contributed by atoms with Crippen LogP contribution in [0.3, 0.4) is 0 Å². The predicted octanol–water partition coefficient (Wildman–Crippen LogP) is 0.916. The van der Waals surface area contributed by atoms with Crippen molar-refractivity contribution >= 4 is 41.8 Å². The van der Waals surface area contributed by atoms with Crippen molar-refractivity contribution in [2.75, 3.05) is 18.0 Å². The Morgan fingerprint density at radius 3 is 2.47 bits per heavy atom. The van der Waals surface area contributed by atoms with E-state index in [1.54, 1.807) is 29.2 Å². The van der Waals surface area contributed by atoms with E-state index in [9.17, 15) is 14.4 Å². The van der Waals surface area contributed by atoms with Crippen molar-refractivity contribution in [2.45, 2.75) is 25.5 Å². The van der Waals surface area contributed by atoms with Gasteiger partial charge in [0.1, 0.15) is 12.6 Å². The quantitative estimate of drug-likeness (QED) is 0.139. The normalized spacial score (nSPS) is 15.1. The van der Waals surface area contributed by atoms with Gasteiger partial charge in [0, 0.05) is 24.3 Å². The van der Waals surface area contributed by atoms with E-state index in [1.807, 2.05) is 30.3 Å². The Labute approximate surface area is 202 Å². The number of rotatable bonds is 8. The molecule has 12 heteroatoms. The number of nitrogens with zero attached hydrogens (tertiary/aromatic N) is 2. The summed E-state index contributed by atoms with van der Waals surface area (Å²) in [5.41, 5.74) is 7.60. The standard InChI is InChI=1S/C22H25N5O5.ClH.H2O/c23-20(26-31)16-6-8-17(9-7-16)27-13-11-18(21(27)29)25-22(30)24-12-10-19(28)32-14-15-4-2-1-3-5-15;;/h1-9,18,31H,10-14H2,(H2,23,26)(H2,24,25,30);1H;1H2/t18-;;/m0../s1. The third kappa shape index (κ3) is 7.64. The number of nitrogens with one attached hydrogen (secondary N) is 2. The molecule has 0 unspecified atom stereocenters. The smallest absolute Gasteiger partial charge is 0.315 e. The first-order valence-corrected chi connectivity index (χ1v) is 10.1. The lowest BCUT2D eigenvalue weighted by atomic mass is 10.2. The highest BCUT2D eigenvalue weighted by molar-refractivity contribution is 6.02. The molecule has 0 aliphatic carbocycles. The Balaban J connectivity index is 0.00000289. The highest BCUT2D eigenvalue weighted by Gasteiger charge is 2.33. The third-order valence-corrected chi connectivity index (χ3v) is 4.95. The summed E-state index contributed by atoms with van der Waals surface area (Å²) in [4.78, 5) is 38.1. The van der Waals surface area contributed by atoms with Crippen LogP contribution in [0.15, 0.2) is 59.8 Å². The summed E-state index contributed by atoms with van der Waals surface area (Å²) in [7, 11) is 0. The fourth-order valence-corrected chi connectivity index (χ4v) is 3.24. The van der Waals surface area contributed by atoms with Crippen LogP contribution in [0.2, 0.25) is 0 Å². The van der Waals surface area contributed by atoms with Crippen LogP contribution < -0.4 is 21.3 Å². The van der Waals surface area contributed by atoms with Crippen molar-refractivity contribution in [1.82, 2.24) is 10.6 Å². The molecule has 0 saturated carbocycles. The summed E-state index contributed by atoms with van der Waals surface area (Å²) in [6, 6.07) is 14.8. The Hall–Kier alpha value is -3.83. The van der Waals surface area contributed by atoms with E-state index >= 15 is 0 Å². The number of urea groups is 1. The van der Waals surface area contributed by atoms with Gasteiger partial charge in [0.25, 0.3) is 0 Å². The Morgan fingerprint density at radius 1 is 1.15 bits per heavy atom. The molecule has 7 N–H and O–H groups in total. The second kappa shape index (κ2) is 13.7. The minimum atomic E-state index is -0.663. The van der Waals surface area contributed by atoms with E-state index in [4.69, 9.17) is 15.7 Å². The van der Waals surface area contributed by atoms with Crippen LogP contribution in [0.1, 0.15) is 24.0 Å². The first kappa shape index (κ1) is 28.2. The number of anilines is 1. The molecule has 0 spiro atoms. The Kier molecular flexibility index (Phi) is 11.3. The molecule has 34 heavy (non-hydrogen) atoms. The zero-order valence-corrected chi connectivity index (χ0v) is 19.1. The maximum absolute atomic E-state index is 12.6. The number of hydrogen-bond donors (Lipinski definition) is 4. The van der Waals surface area contributed by atoms with Gasteiger partial charge in [-0.3, -0.25) is 9.59 Å². The van der Waals surface area contributed by atoms with Gasteiger partial charge < -0.3 is 36.7 Å². The highest BCUT2D eigenvalue weighted by atomic mass is 35.5. The fraction of sp³-hybridized carbons (Fsp3) is 0.273. The maximum atomic E-state index is 12.6. The number of nitrogens with two attached hydrogens (primary N) is 1. The average molecular weight is 494 g/mol. The van der Waals surface area contributed by atoms with Gasteiger partial charge in [-0.15, -0.1) is 12.4 Å². The molecule has 3 rings (SSSR count). The number of carbonyl (C=O) groups excluding carboxylic acids is 3. The molecule has 1 aliphatic rings. The zero-order valence-electron chi connectivity index (χ0n) is 18.3. The third-order valence-electron chi connectivity index (χ3n) is 4.95. The van der Waals surface area contributed by atoms with Crippen LogP contribution in [0.4, 0.5) is 10.5 Å². The molecule has 0 radical (unpaired) electrons. The molecule has 0 aromatic heterocycles. The summed E-state index contributed by atoms with van der Waals surface area (Å²) in [5.74, 6) is -0.684. The van der Waals surface area contributed by atoms with Gasteiger partial charge in [0.05, 0.1) is 6.42 Å². The highest BCUT2D eigenvalue weighted by Crippen LogP contribution is 2.22. The van der Waals surface area contributed by atoms with Crippen LogP contribution >= 0.6 is 12.4 Å². The summed E-state index contributed by atoms with van der Waals surface area (Å²) in [5, 5.41) is 16.9. The molecule has 1 atom stereocenters. The molecule has 0 bridgehead atoms. The topological polar surface area (TPSA) is 178 Å². The molecule has 2 aromatic rings. The molecular formula is C22H28ClN5O6. The maximum Gasteiger partial charge on any atom is 0.315 e. The number of ether oxygens (including phenoxy) is 1. The van der Waals surface area contributed by atoms with Crippen molar-refractivity contribution < 1.29 is 29.8 Å². The van der Waals surface area contributed by atoms with E-state index in [2.05, 4.69) is 15.8 Å². The lowest BCUT2D eigenvalue weighted by Crippen LogP contribution is -2.46. The minimum Gasteiger partial charge on any atom is -0.461 e. The second-order valence-corrected chi connectivity index (χ2v) is 7.16. The number of oxime groups is 1. The molecule has 1 fully saturated rings. The van der Waals surface area contributed by atoms with E-state index < -0.39 is 18.0 Å². The van der Waals surface area contributed by atoms with Crippen molar-refractivity contribution in [3.8, 4) is 0 Å². The van der Waals surface area contributed by atoms with Crippen LogP contribution in [-0.4, -0.2) is 53.6 Å². The summed E-state index contributed by atoms with van der Waals surface area (Å²) in [6.07, 6.45) is 0.477. The van der Waals surface area contributed by atoms with E-state index in [1.165, 1.54) is 0 Å². The zero-order chi connectivity index (χ0) is 22.9. The first-order chi connectivity index (χ1) is 15.5.